The van der Waals surface area contributed by atoms with Crippen LogP contribution in [-0.4, -0.2) is 37.7 Å². The average Bonchev–Trinajstić information content (AvgIpc) is 3.52. The van der Waals surface area contributed by atoms with E-state index in [-0.39, 0.29) is 53.4 Å². The largest absolute Gasteiger partial charge is 0.463 e. The van der Waals surface area contributed by atoms with Crippen molar-refractivity contribution in [3.05, 3.63) is 127 Å². The van der Waals surface area contributed by atoms with E-state index in [9.17, 15) is 14.4 Å². The molecule has 0 spiro atoms. The van der Waals surface area contributed by atoms with E-state index in [0.717, 1.165) is 28.3 Å². The fraction of sp³-hybridized carbons (Fsp3) is 0.146. The monoisotopic (exact) mass is 654 g/mol. The molecule has 0 bridgehead atoms. The van der Waals surface area contributed by atoms with Gasteiger partial charge in [0.25, 0.3) is 0 Å². The molecule has 1 aromatic heterocycles. The maximum absolute atomic E-state index is 13.9. The third-order valence-corrected chi connectivity index (χ3v) is 7.89. The summed E-state index contributed by atoms with van der Waals surface area (Å²) >= 11 is 0. The van der Waals surface area contributed by atoms with Crippen LogP contribution in [0.15, 0.2) is 120 Å². The highest BCUT2D eigenvalue weighted by Gasteiger charge is 2.32. The van der Waals surface area contributed by atoms with Gasteiger partial charge >= 0.3 is 17.9 Å². The zero-order chi connectivity index (χ0) is 34.3. The quantitative estimate of drug-likeness (QED) is 0.0590. The Morgan fingerprint density at radius 3 is 1.73 bits per heavy atom. The van der Waals surface area contributed by atoms with Crippen LogP contribution in [0.25, 0.3) is 55.3 Å². The van der Waals surface area contributed by atoms with Gasteiger partial charge in [0.1, 0.15) is 22.6 Å². The summed E-state index contributed by atoms with van der Waals surface area (Å²) in [6.45, 7) is 5.52. The summed E-state index contributed by atoms with van der Waals surface area (Å²) in [5.41, 5.74) is 4.62. The summed E-state index contributed by atoms with van der Waals surface area (Å²) < 4.78 is 28.9. The molecule has 0 aliphatic rings. The van der Waals surface area contributed by atoms with Gasteiger partial charge in [-0.25, -0.2) is 14.4 Å². The van der Waals surface area contributed by atoms with Crippen molar-refractivity contribution in [2.24, 2.45) is 0 Å². The Bertz CT molecular complexity index is 2160. The molecule has 8 heteroatoms. The second-order valence-corrected chi connectivity index (χ2v) is 10.9. The van der Waals surface area contributed by atoms with Crippen molar-refractivity contribution in [3.63, 3.8) is 0 Å². The molecular formula is C41H34O8. The lowest BCUT2D eigenvalue weighted by atomic mass is 9.94. The standard InChI is InChI=1S/C41H34O8/c1-4-45-33(42)23-24-48-38-31-22-21-30(27-15-11-8-12-16-27)25-32(31)34(40(43)46-5-2)39-35(38)36(41(44)47-6-3)37(49-39)29-19-17-28(18-20-29)26-13-9-7-10-14-26/h7-25H,4-6H2,1-3H3/b24-23+. The number of carbonyl (C=O) groups excluding carboxylic acids is 3. The molecule has 0 saturated heterocycles. The Morgan fingerprint density at radius 2 is 1.12 bits per heavy atom. The predicted molar refractivity (Wildman–Crippen MR) is 188 cm³/mol. The van der Waals surface area contributed by atoms with Crippen molar-refractivity contribution in [2.75, 3.05) is 19.8 Å². The first kappa shape index (κ1) is 32.8. The van der Waals surface area contributed by atoms with Crippen LogP contribution in [0.2, 0.25) is 0 Å². The molecule has 49 heavy (non-hydrogen) atoms. The Kier molecular flexibility index (Phi) is 9.85. The van der Waals surface area contributed by atoms with Crippen LogP contribution in [0.1, 0.15) is 41.5 Å². The minimum absolute atomic E-state index is 0.0726. The van der Waals surface area contributed by atoms with E-state index < -0.39 is 17.9 Å². The maximum atomic E-state index is 13.9. The van der Waals surface area contributed by atoms with E-state index in [0.29, 0.717) is 16.3 Å². The van der Waals surface area contributed by atoms with Crippen LogP contribution in [-0.2, 0) is 19.0 Å². The van der Waals surface area contributed by atoms with Gasteiger partial charge in [-0.2, -0.15) is 0 Å². The van der Waals surface area contributed by atoms with Gasteiger partial charge in [-0.05, 0) is 55.2 Å². The molecule has 1 heterocycles. The highest BCUT2D eigenvalue weighted by molar-refractivity contribution is 6.24. The van der Waals surface area contributed by atoms with E-state index in [1.165, 1.54) is 6.26 Å². The van der Waals surface area contributed by atoms with Gasteiger partial charge in [-0.1, -0.05) is 91.0 Å². The zero-order valence-corrected chi connectivity index (χ0v) is 27.4. The van der Waals surface area contributed by atoms with Gasteiger partial charge < -0.3 is 23.4 Å². The molecule has 0 fully saturated rings. The van der Waals surface area contributed by atoms with Crippen molar-refractivity contribution in [1.29, 1.82) is 0 Å². The van der Waals surface area contributed by atoms with Crippen LogP contribution in [0.5, 0.6) is 5.75 Å². The van der Waals surface area contributed by atoms with Crippen LogP contribution >= 0.6 is 0 Å². The van der Waals surface area contributed by atoms with Crippen molar-refractivity contribution in [1.82, 2.24) is 0 Å². The molecule has 6 rings (SSSR count). The number of hydrogen-bond acceptors (Lipinski definition) is 8. The van der Waals surface area contributed by atoms with Crippen LogP contribution in [0.4, 0.5) is 0 Å². The van der Waals surface area contributed by atoms with Crippen LogP contribution in [0.3, 0.4) is 0 Å². The third kappa shape index (κ3) is 6.67. The normalized spacial score (nSPS) is 11.2. The van der Waals surface area contributed by atoms with Crippen molar-refractivity contribution >= 4 is 39.6 Å². The van der Waals surface area contributed by atoms with Gasteiger partial charge in [-0.15, -0.1) is 0 Å². The second-order valence-electron chi connectivity index (χ2n) is 10.9. The molecule has 0 aliphatic heterocycles. The molecular weight excluding hydrogens is 620 g/mol. The first-order chi connectivity index (χ1) is 23.9. The van der Waals surface area contributed by atoms with Gasteiger partial charge in [0.15, 0.2) is 5.58 Å². The summed E-state index contributed by atoms with van der Waals surface area (Å²) in [5.74, 6) is -1.52. The average molecular weight is 655 g/mol. The minimum atomic E-state index is -0.669. The molecule has 0 unspecified atom stereocenters. The van der Waals surface area contributed by atoms with E-state index in [1.807, 2.05) is 103 Å². The Labute approximate surface area is 283 Å². The summed E-state index contributed by atoms with van der Waals surface area (Å²) in [6.07, 6.45) is 2.34. The molecule has 6 aromatic rings. The highest BCUT2D eigenvalue weighted by Crippen LogP contribution is 2.47. The Hall–Kier alpha value is -6.15. The van der Waals surface area contributed by atoms with Gasteiger partial charge in [0.2, 0.25) is 0 Å². The number of fused-ring (bicyclic) bond motifs is 2. The van der Waals surface area contributed by atoms with Gasteiger partial charge in [0, 0.05) is 16.3 Å². The number of furan rings is 1. The van der Waals surface area contributed by atoms with Crippen molar-refractivity contribution < 1.29 is 37.7 Å². The van der Waals surface area contributed by atoms with Crippen molar-refractivity contribution in [2.45, 2.75) is 20.8 Å². The van der Waals surface area contributed by atoms with E-state index >= 15 is 0 Å². The van der Waals surface area contributed by atoms with E-state index in [4.69, 9.17) is 23.4 Å². The summed E-state index contributed by atoms with van der Waals surface area (Å²) in [5, 5.41) is 1.17. The molecule has 0 amide bonds. The predicted octanol–water partition coefficient (Wildman–Crippen LogP) is 9.40. The smallest absolute Gasteiger partial charge is 0.342 e. The second kappa shape index (κ2) is 14.7. The number of esters is 3. The van der Waals surface area contributed by atoms with Crippen LogP contribution in [0, 0.1) is 0 Å². The van der Waals surface area contributed by atoms with Gasteiger partial charge in [0.05, 0.1) is 37.5 Å². The Balaban J connectivity index is 1.68. The molecule has 0 N–H and O–H groups in total. The summed E-state index contributed by atoms with van der Waals surface area (Å²) in [6, 6.07) is 32.7. The topological polar surface area (TPSA) is 101 Å². The number of rotatable bonds is 11. The lowest BCUT2D eigenvalue weighted by molar-refractivity contribution is -0.137. The SMILES string of the molecule is CCOC(=O)/C=C/Oc1c2ccc(-c3ccccc3)cc2c(C(=O)OCC)c2oc(-c3ccc(-c4ccccc4)cc3)c(C(=O)OCC)c12. The molecule has 0 radical (unpaired) electrons. The lowest BCUT2D eigenvalue weighted by Gasteiger charge is -2.14. The number of carbonyl (C=O) groups is 3. The highest BCUT2D eigenvalue weighted by atomic mass is 16.5. The fourth-order valence-electron chi connectivity index (χ4n) is 5.76. The first-order valence-electron chi connectivity index (χ1n) is 16.1. The number of hydrogen-bond donors (Lipinski definition) is 0. The van der Waals surface area contributed by atoms with Crippen LogP contribution < -0.4 is 4.74 Å². The summed E-state index contributed by atoms with van der Waals surface area (Å²) in [4.78, 5) is 39.9. The van der Waals surface area contributed by atoms with Gasteiger partial charge in [-0.3, -0.25) is 0 Å². The van der Waals surface area contributed by atoms with E-state index in [2.05, 4.69) is 0 Å². The summed E-state index contributed by atoms with van der Waals surface area (Å²) in [7, 11) is 0. The minimum Gasteiger partial charge on any atom is -0.463 e. The van der Waals surface area contributed by atoms with E-state index in [1.54, 1.807) is 20.8 Å². The number of benzene rings is 5. The Morgan fingerprint density at radius 1 is 0.592 bits per heavy atom. The first-order valence-corrected chi connectivity index (χ1v) is 16.1. The maximum Gasteiger partial charge on any atom is 0.342 e. The van der Waals surface area contributed by atoms with Crippen molar-refractivity contribution in [3.8, 4) is 39.3 Å². The third-order valence-electron chi connectivity index (χ3n) is 7.89. The lowest BCUT2D eigenvalue weighted by Crippen LogP contribution is -2.08. The molecule has 0 atom stereocenters. The molecule has 8 nitrogen and oxygen atoms in total. The molecule has 246 valence electrons. The number of ether oxygens (including phenoxy) is 4. The molecule has 5 aromatic carbocycles. The zero-order valence-electron chi connectivity index (χ0n) is 27.4. The fourth-order valence-corrected chi connectivity index (χ4v) is 5.76. The molecule has 0 saturated carbocycles. The molecule has 0 aliphatic carbocycles.